The number of hydrogen-bond acceptors (Lipinski definition) is 6. The zero-order valence-corrected chi connectivity index (χ0v) is 26.6. The summed E-state index contributed by atoms with van der Waals surface area (Å²) in [5.41, 5.74) is 4.32. The van der Waals surface area contributed by atoms with Crippen molar-refractivity contribution in [1.29, 1.82) is 0 Å². The molecule has 46 heavy (non-hydrogen) atoms. The van der Waals surface area contributed by atoms with Crippen molar-refractivity contribution in [3.63, 3.8) is 0 Å². The molecule has 0 spiro atoms. The number of anilines is 2. The van der Waals surface area contributed by atoms with Crippen LogP contribution in [0.25, 0.3) is 6.08 Å². The van der Waals surface area contributed by atoms with Gasteiger partial charge in [-0.1, -0.05) is 48.2 Å². The van der Waals surface area contributed by atoms with Gasteiger partial charge in [0.25, 0.3) is 11.8 Å². The minimum atomic E-state index is -0.307. The standard InChI is InChI=1S/C37H37FN4O3S/c1-45-32-17-15-31(16-18-32)41-23-21-40(22-24-41)20-4-19-39-36(43)29-11-7-27(8-12-29)25-35-37(44)42(26-28-9-13-30(38)14-10-28)33-5-2-3-6-34(33)46-35/h2-3,5-18,25H,4,19-24,26H2,1H3,(H,39,43)/b35-25-. The number of para-hydroxylation sites is 1. The minimum absolute atomic E-state index is 0.106. The summed E-state index contributed by atoms with van der Waals surface area (Å²) in [6.45, 7) is 5.83. The van der Waals surface area contributed by atoms with Gasteiger partial charge in [-0.3, -0.25) is 14.5 Å². The third-order valence-corrected chi connectivity index (χ3v) is 9.38. The maximum absolute atomic E-state index is 13.6. The lowest BCUT2D eigenvalue weighted by Crippen LogP contribution is -2.47. The van der Waals surface area contributed by atoms with Gasteiger partial charge in [0.05, 0.1) is 24.2 Å². The number of carbonyl (C=O) groups is 2. The second-order valence-electron chi connectivity index (χ2n) is 11.4. The van der Waals surface area contributed by atoms with Crippen molar-refractivity contribution >= 4 is 41.0 Å². The smallest absolute Gasteiger partial charge is 0.265 e. The van der Waals surface area contributed by atoms with E-state index in [4.69, 9.17) is 4.74 Å². The zero-order chi connectivity index (χ0) is 31.9. The van der Waals surface area contributed by atoms with Gasteiger partial charge in [-0.15, -0.1) is 0 Å². The van der Waals surface area contributed by atoms with Gasteiger partial charge in [0.1, 0.15) is 11.6 Å². The molecule has 0 bridgehead atoms. The van der Waals surface area contributed by atoms with Crippen LogP contribution in [0.15, 0.2) is 107 Å². The Balaban J connectivity index is 0.994. The molecule has 2 amide bonds. The van der Waals surface area contributed by atoms with E-state index < -0.39 is 0 Å². The van der Waals surface area contributed by atoms with Gasteiger partial charge < -0.3 is 19.9 Å². The number of hydrogen-bond donors (Lipinski definition) is 1. The molecule has 0 atom stereocenters. The molecule has 6 rings (SSSR count). The Morgan fingerprint density at radius 1 is 0.913 bits per heavy atom. The third kappa shape index (κ3) is 7.61. The van der Waals surface area contributed by atoms with Crippen LogP contribution in [0.4, 0.5) is 15.8 Å². The Kier molecular flexibility index (Phi) is 10.0. The van der Waals surface area contributed by atoms with E-state index in [-0.39, 0.29) is 17.6 Å². The first-order valence-corrected chi connectivity index (χ1v) is 16.3. The van der Waals surface area contributed by atoms with Crippen molar-refractivity contribution in [3.8, 4) is 5.75 Å². The van der Waals surface area contributed by atoms with Crippen molar-refractivity contribution in [2.24, 2.45) is 0 Å². The summed E-state index contributed by atoms with van der Waals surface area (Å²) in [6.07, 6.45) is 2.74. The van der Waals surface area contributed by atoms with Gasteiger partial charge in [0, 0.05) is 48.9 Å². The second kappa shape index (κ2) is 14.7. The number of thioether (sulfide) groups is 1. The molecule has 0 saturated carbocycles. The Hall–Kier alpha value is -4.60. The SMILES string of the molecule is COc1ccc(N2CCN(CCCNC(=O)c3ccc(/C=C4\Sc5ccccc5N(Cc5ccc(F)cc5)C4=O)cc3)CC2)cc1. The monoisotopic (exact) mass is 636 g/mol. The number of halogens is 1. The normalized spacial score (nSPS) is 16.0. The fourth-order valence-corrected chi connectivity index (χ4v) is 6.76. The number of ether oxygens (including phenoxy) is 1. The molecule has 0 aromatic heterocycles. The highest BCUT2D eigenvalue weighted by Gasteiger charge is 2.29. The highest BCUT2D eigenvalue weighted by molar-refractivity contribution is 8.04. The number of methoxy groups -OCH3 is 1. The van der Waals surface area contributed by atoms with Gasteiger partial charge in [-0.05, 0) is 90.8 Å². The first-order valence-electron chi connectivity index (χ1n) is 15.5. The lowest BCUT2D eigenvalue weighted by atomic mass is 10.1. The first kappa shape index (κ1) is 31.4. The van der Waals surface area contributed by atoms with E-state index in [9.17, 15) is 14.0 Å². The summed E-state index contributed by atoms with van der Waals surface area (Å²) in [5, 5.41) is 3.04. The Labute approximate surface area is 273 Å². The molecule has 236 valence electrons. The van der Waals surface area contributed by atoms with Crippen LogP contribution in [-0.4, -0.2) is 63.1 Å². The lowest BCUT2D eigenvalue weighted by Gasteiger charge is -2.36. The van der Waals surface area contributed by atoms with Crippen molar-refractivity contribution in [1.82, 2.24) is 10.2 Å². The van der Waals surface area contributed by atoms with E-state index in [0.717, 1.165) is 66.6 Å². The van der Waals surface area contributed by atoms with Crippen LogP contribution in [-0.2, 0) is 11.3 Å². The Morgan fingerprint density at radius 3 is 2.35 bits per heavy atom. The summed E-state index contributed by atoms with van der Waals surface area (Å²) in [5.74, 6) is 0.341. The van der Waals surface area contributed by atoms with Gasteiger partial charge in [0.15, 0.2) is 0 Å². The lowest BCUT2D eigenvalue weighted by molar-refractivity contribution is -0.114. The number of benzene rings is 4. The molecule has 1 N–H and O–H groups in total. The van der Waals surface area contributed by atoms with Crippen LogP contribution in [0.5, 0.6) is 5.75 Å². The van der Waals surface area contributed by atoms with E-state index in [1.165, 1.54) is 29.6 Å². The van der Waals surface area contributed by atoms with Crippen molar-refractivity contribution in [2.45, 2.75) is 17.9 Å². The van der Waals surface area contributed by atoms with E-state index in [2.05, 4.69) is 27.2 Å². The molecule has 0 aliphatic carbocycles. The minimum Gasteiger partial charge on any atom is -0.497 e. The van der Waals surface area contributed by atoms with Crippen LogP contribution in [0, 0.1) is 5.82 Å². The molecule has 2 aliphatic rings. The predicted octanol–water partition coefficient (Wildman–Crippen LogP) is 6.46. The quantitative estimate of drug-likeness (QED) is 0.159. The fourth-order valence-electron chi connectivity index (χ4n) is 5.70. The molecule has 4 aromatic rings. The average Bonchev–Trinajstić information content (AvgIpc) is 3.10. The largest absolute Gasteiger partial charge is 0.497 e. The molecule has 9 heteroatoms. The average molecular weight is 637 g/mol. The maximum atomic E-state index is 13.6. The zero-order valence-electron chi connectivity index (χ0n) is 25.8. The summed E-state index contributed by atoms with van der Waals surface area (Å²) >= 11 is 1.43. The summed E-state index contributed by atoms with van der Waals surface area (Å²) in [6, 6.07) is 29.5. The highest BCUT2D eigenvalue weighted by atomic mass is 32.2. The van der Waals surface area contributed by atoms with Gasteiger partial charge >= 0.3 is 0 Å². The Morgan fingerprint density at radius 2 is 1.63 bits per heavy atom. The molecule has 4 aromatic carbocycles. The fraction of sp³-hybridized carbons (Fsp3) is 0.243. The second-order valence-corrected chi connectivity index (χ2v) is 12.4. The molecule has 1 saturated heterocycles. The van der Waals surface area contributed by atoms with E-state index >= 15 is 0 Å². The molecule has 7 nitrogen and oxygen atoms in total. The van der Waals surface area contributed by atoms with Crippen LogP contribution in [0.3, 0.4) is 0 Å². The third-order valence-electron chi connectivity index (χ3n) is 8.30. The number of carbonyl (C=O) groups excluding carboxylic acids is 2. The van der Waals surface area contributed by atoms with Crippen molar-refractivity contribution in [2.75, 3.05) is 56.2 Å². The number of rotatable bonds is 10. The molecule has 0 radical (unpaired) electrons. The predicted molar refractivity (Wildman–Crippen MR) is 183 cm³/mol. The van der Waals surface area contributed by atoms with Crippen LogP contribution < -0.4 is 19.9 Å². The van der Waals surface area contributed by atoms with Crippen molar-refractivity contribution in [3.05, 3.63) is 124 Å². The first-order chi connectivity index (χ1) is 22.5. The summed E-state index contributed by atoms with van der Waals surface area (Å²) in [7, 11) is 1.68. The molecular weight excluding hydrogens is 599 g/mol. The molecule has 0 unspecified atom stereocenters. The maximum Gasteiger partial charge on any atom is 0.265 e. The topological polar surface area (TPSA) is 65.1 Å². The van der Waals surface area contributed by atoms with Crippen LogP contribution >= 0.6 is 11.8 Å². The molecular formula is C37H37FN4O3S. The van der Waals surface area contributed by atoms with Gasteiger partial charge in [-0.2, -0.15) is 0 Å². The summed E-state index contributed by atoms with van der Waals surface area (Å²) < 4.78 is 18.7. The van der Waals surface area contributed by atoms with Crippen LogP contribution in [0.1, 0.15) is 27.9 Å². The van der Waals surface area contributed by atoms with E-state index in [1.807, 2.05) is 54.6 Å². The van der Waals surface area contributed by atoms with Crippen molar-refractivity contribution < 1.29 is 18.7 Å². The molecule has 2 aliphatic heterocycles. The Bertz CT molecular complexity index is 1690. The molecule has 1 fully saturated rings. The van der Waals surface area contributed by atoms with E-state index in [0.29, 0.717) is 23.6 Å². The number of piperazine rings is 1. The summed E-state index contributed by atoms with van der Waals surface area (Å²) in [4.78, 5) is 34.5. The number of nitrogens with zero attached hydrogens (tertiary/aromatic N) is 3. The number of nitrogens with one attached hydrogen (secondary N) is 1. The van der Waals surface area contributed by atoms with Gasteiger partial charge in [-0.25, -0.2) is 4.39 Å². The number of fused-ring (bicyclic) bond motifs is 1. The highest BCUT2D eigenvalue weighted by Crippen LogP contribution is 2.42. The molecule has 2 heterocycles. The van der Waals surface area contributed by atoms with E-state index in [1.54, 1.807) is 36.3 Å². The van der Waals surface area contributed by atoms with Crippen LogP contribution in [0.2, 0.25) is 0 Å². The van der Waals surface area contributed by atoms with Gasteiger partial charge in [0.2, 0.25) is 0 Å². The number of amides is 2.